The van der Waals surface area contributed by atoms with Crippen molar-refractivity contribution in [2.75, 3.05) is 0 Å². The SMILES string of the molecule is Fc1ccc(Sc2ccc(F)nc2F)c(F)n1. The summed E-state index contributed by atoms with van der Waals surface area (Å²) in [6, 6.07) is 4.12. The van der Waals surface area contributed by atoms with Crippen molar-refractivity contribution in [2.45, 2.75) is 9.79 Å². The molecule has 0 aromatic carbocycles. The molecular weight excluding hydrogens is 256 g/mol. The zero-order chi connectivity index (χ0) is 12.4. The maximum atomic E-state index is 13.2. The predicted octanol–water partition coefficient (Wildman–Crippen LogP) is 3.18. The van der Waals surface area contributed by atoms with Crippen molar-refractivity contribution in [3.8, 4) is 0 Å². The second-order valence-electron chi connectivity index (χ2n) is 2.95. The molecule has 88 valence electrons. The lowest BCUT2D eigenvalue weighted by Crippen LogP contribution is -1.93. The summed E-state index contributed by atoms with van der Waals surface area (Å²) in [6.45, 7) is 0. The van der Waals surface area contributed by atoms with Gasteiger partial charge in [0.1, 0.15) is 0 Å². The van der Waals surface area contributed by atoms with Crippen LogP contribution < -0.4 is 0 Å². The van der Waals surface area contributed by atoms with Crippen LogP contribution in [-0.2, 0) is 0 Å². The molecule has 17 heavy (non-hydrogen) atoms. The maximum absolute atomic E-state index is 13.2. The van der Waals surface area contributed by atoms with Crippen LogP contribution in [0.3, 0.4) is 0 Å². The summed E-state index contributed by atoms with van der Waals surface area (Å²) in [7, 11) is 0. The number of pyridine rings is 2. The second-order valence-corrected chi connectivity index (χ2v) is 4.03. The molecule has 2 aromatic rings. The number of halogens is 4. The predicted molar refractivity (Wildman–Crippen MR) is 52.4 cm³/mol. The fourth-order valence-corrected chi connectivity index (χ4v) is 1.84. The van der Waals surface area contributed by atoms with Gasteiger partial charge in [-0.3, -0.25) is 0 Å². The molecular formula is C10H4F4N2S. The van der Waals surface area contributed by atoms with E-state index in [9.17, 15) is 17.6 Å². The van der Waals surface area contributed by atoms with Gasteiger partial charge in [-0.05, 0) is 24.3 Å². The molecule has 0 radical (unpaired) electrons. The van der Waals surface area contributed by atoms with Gasteiger partial charge in [-0.15, -0.1) is 0 Å². The van der Waals surface area contributed by atoms with Crippen LogP contribution in [0.5, 0.6) is 0 Å². The average molecular weight is 260 g/mol. The number of aromatic nitrogens is 2. The van der Waals surface area contributed by atoms with Crippen LogP contribution in [0.4, 0.5) is 17.6 Å². The molecule has 0 atom stereocenters. The Balaban J connectivity index is 2.31. The first-order chi connectivity index (χ1) is 8.06. The van der Waals surface area contributed by atoms with Crippen molar-refractivity contribution in [1.82, 2.24) is 9.97 Å². The highest BCUT2D eigenvalue weighted by molar-refractivity contribution is 7.99. The second kappa shape index (κ2) is 4.70. The molecule has 0 amide bonds. The smallest absolute Gasteiger partial charge is 0.190 e. The van der Waals surface area contributed by atoms with E-state index in [4.69, 9.17) is 0 Å². The van der Waals surface area contributed by atoms with Crippen molar-refractivity contribution < 1.29 is 17.6 Å². The van der Waals surface area contributed by atoms with Crippen molar-refractivity contribution in [1.29, 1.82) is 0 Å². The van der Waals surface area contributed by atoms with Crippen molar-refractivity contribution in [2.24, 2.45) is 0 Å². The molecule has 0 saturated heterocycles. The Labute approximate surface area is 97.7 Å². The normalized spacial score (nSPS) is 10.6. The highest BCUT2D eigenvalue weighted by Crippen LogP contribution is 2.30. The van der Waals surface area contributed by atoms with E-state index < -0.39 is 23.8 Å². The zero-order valence-electron chi connectivity index (χ0n) is 8.12. The summed E-state index contributed by atoms with van der Waals surface area (Å²) in [5, 5.41) is 0. The maximum Gasteiger partial charge on any atom is 0.229 e. The minimum absolute atomic E-state index is 0.0706. The van der Waals surface area contributed by atoms with E-state index in [1.165, 1.54) is 0 Å². The molecule has 0 aliphatic rings. The van der Waals surface area contributed by atoms with Crippen molar-refractivity contribution in [3.05, 3.63) is 48.1 Å². The van der Waals surface area contributed by atoms with E-state index in [1.54, 1.807) is 0 Å². The Morgan fingerprint density at radius 2 is 1.12 bits per heavy atom. The van der Waals surface area contributed by atoms with Crippen LogP contribution in [-0.4, -0.2) is 9.97 Å². The van der Waals surface area contributed by atoms with Crippen LogP contribution in [0.2, 0.25) is 0 Å². The van der Waals surface area contributed by atoms with Gasteiger partial charge in [0.2, 0.25) is 23.8 Å². The lowest BCUT2D eigenvalue weighted by Gasteiger charge is -2.03. The quantitative estimate of drug-likeness (QED) is 0.612. The van der Waals surface area contributed by atoms with E-state index >= 15 is 0 Å². The lowest BCUT2D eigenvalue weighted by atomic mass is 10.5. The summed E-state index contributed by atoms with van der Waals surface area (Å²) >= 11 is 0.650. The van der Waals surface area contributed by atoms with E-state index in [1.807, 2.05) is 0 Å². The summed E-state index contributed by atoms with van der Waals surface area (Å²) < 4.78 is 51.4. The first kappa shape index (κ1) is 11.8. The Bertz CT molecular complexity index is 512. The van der Waals surface area contributed by atoms with Gasteiger partial charge in [0, 0.05) is 0 Å². The van der Waals surface area contributed by atoms with E-state index in [0.29, 0.717) is 11.8 Å². The van der Waals surface area contributed by atoms with E-state index in [2.05, 4.69) is 9.97 Å². The molecule has 0 N–H and O–H groups in total. The van der Waals surface area contributed by atoms with Gasteiger partial charge < -0.3 is 0 Å². The largest absolute Gasteiger partial charge is 0.229 e. The van der Waals surface area contributed by atoms with Crippen LogP contribution in [0, 0.1) is 23.8 Å². The molecule has 2 heterocycles. The Morgan fingerprint density at radius 1 is 0.706 bits per heavy atom. The van der Waals surface area contributed by atoms with Crippen LogP contribution in [0.1, 0.15) is 0 Å². The molecule has 2 aromatic heterocycles. The fourth-order valence-electron chi connectivity index (χ4n) is 1.07. The molecule has 7 heteroatoms. The number of rotatable bonds is 2. The first-order valence-corrected chi connectivity index (χ1v) is 5.20. The minimum atomic E-state index is -1.06. The monoisotopic (exact) mass is 260 g/mol. The van der Waals surface area contributed by atoms with E-state index in [-0.39, 0.29) is 9.79 Å². The van der Waals surface area contributed by atoms with Gasteiger partial charge in [-0.2, -0.15) is 27.5 Å². The van der Waals surface area contributed by atoms with Gasteiger partial charge in [0.05, 0.1) is 9.79 Å². The van der Waals surface area contributed by atoms with Gasteiger partial charge >= 0.3 is 0 Å². The molecule has 0 aliphatic heterocycles. The van der Waals surface area contributed by atoms with Crippen molar-refractivity contribution >= 4 is 11.8 Å². The first-order valence-electron chi connectivity index (χ1n) is 4.38. The van der Waals surface area contributed by atoms with Gasteiger partial charge in [-0.25, -0.2) is 0 Å². The molecule has 0 fully saturated rings. The summed E-state index contributed by atoms with van der Waals surface area (Å²) in [5.41, 5.74) is 0. The molecule has 2 rings (SSSR count). The topological polar surface area (TPSA) is 25.8 Å². The third-order valence-corrected chi connectivity index (χ3v) is 2.83. The van der Waals surface area contributed by atoms with Gasteiger partial charge in [0.15, 0.2) is 0 Å². The van der Waals surface area contributed by atoms with Crippen LogP contribution in [0.15, 0.2) is 34.1 Å². The zero-order valence-corrected chi connectivity index (χ0v) is 8.94. The molecule has 0 unspecified atom stereocenters. The van der Waals surface area contributed by atoms with Gasteiger partial charge in [-0.1, -0.05) is 11.8 Å². The summed E-state index contributed by atoms with van der Waals surface area (Å²) in [4.78, 5) is 5.75. The Morgan fingerprint density at radius 3 is 1.47 bits per heavy atom. The molecule has 0 spiro atoms. The Kier molecular flexibility index (Phi) is 3.28. The van der Waals surface area contributed by atoms with E-state index in [0.717, 1.165) is 24.3 Å². The molecule has 2 nitrogen and oxygen atoms in total. The standard InChI is InChI=1S/C10H4F4N2S/c11-7-3-1-5(9(13)15-7)17-6-2-4-8(12)16-10(6)14/h1-4H. The highest BCUT2D eigenvalue weighted by Gasteiger charge is 2.11. The Hall–Kier alpha value is -1.63. The number of nitrogens with zero attached hydrogens (tertiary/aromatic N) is 2. The van der Waals surface area contributed by atoms with Crippen LogP contribution >= 0.6 is 11.8 Å². The lowest BCUT2D eigenvalue weighted by molar-refractivity contribution is 0.492. The number of hydrogen-bond acceptors (Lipinski definition) is 3. The third kappa shape index (κ3) is 2.73. The van der Waals surface area contributed by atoms with Gasteiger partial charge in [0.25, 0.3) is 0 Å². The molecule has 0 bridgehead atoms. The summed E-state index contributed by atoms with van der Waals surface area (Å²) in [5.74, 6) is -4.05. The molecule has 0 saturated carbocycles. The fraction of sp³-hybridized carbons (Fsp3) is 0. The number of hydrogen-bond donors (Lipinski definition) is 0. The molecule has 0 aliphatic carbocycles. The van der Waals surface area contributed by atoms with Crippen LogP contribution in [0.25, 0.3) is 0 Å². The highest BCUT2D eigenvalue weighted by atomic mass is 32.2. The minimum Gasteiger partial charge on any atom is -0.190 e. The van der Waals surface area contributed by atoms with Crippen molar-refractivity contribution in [3.63, 3.8) is 0 Å². The third-order valence-electron chi connectivity index (χ3n) is 1.78. The average Bonchev–Trinajstić information content (AvgIpc) is 2.25. The summed E-state index contributed by atoms with van der Waals surface area (Å²) in [6.07, 6.45) is 0.